The summed E-state index contributed by atoms with van der Waals surface area (Å²) in [7, 11) is 1.49. The standard InChI is InChI=1S/C20H28F3N3O2/c1-13-9-14(2)11-26(10-13)15(3)19(28)25(4)12-18(27)24-17-8-6-5-7-16(17)20(21,22)23/h5-8,13-15H,9-12H2,1-4H3,(H,24,27)/t13-,14-,15-/m1/s1. The Hall–Kier alpha value is -2.09. The molecule has 5 nitrogen and oxygen atoms in total. The smallest absolute Gasteiger partial charge is 0.335 e. The quantitative estimate of drug-likeness (QED) is 0.825. The molecule has 0 spiro atoms. The molecule has 1 heterocycles. The van der Waals surface area contributed by atoms with E-state index in [1.807, 2.05) is 0 Å². The van der Waals surface area contributed by atoms with Gasteiger partial charge < -0.3 is 10.2 Å². The van der Waals surface area contributed by atoms with E-state index in [1.165, 1.54) is 30.1 Å². The molecule has 1 saturated heterocycles. The maximum absolute atomic E-state index is 13.0. The van der Waals surface area contributed by atoms with E-state index in [1.54, 1.807) is 6.92 Å². The summed E-state index contributed by atoms with van der Waals surface area (Å²) in [5.41, 5.74) is -1.23. The number of likely N-dealkylation sites (N-methyl/N-ethyl adjacent to an activating group) is 1. The van der Waals surface area contributed by atoms with Crippen LogP contribution in [0.1, 0.15) is 32.8 Å². The Balaban J connectivity index is 1.98. The fourth-order valence-electron chi connectivity index (χ4n) is 3.82. The number of carbonyl (C=O) groups excluding carboxylic acids is 2. The van der Waals surface area contributed by atoms with Gasteiger partial charge in [-0.1, -0.05) is 26.0 Å². The van der Waals surface area contributed by atoms with E-state index in [-0.39, 0.29) is 24.2 Å². The summed E-state index contributed by atoms with van der Waals surface area (Å²) < 4.78 is 39.1. The maximum Gasteiger partial charge on any atom is 0.418 e. The zero-order valence-electron chi connectivity index (χ0n) is 16.7. The molecule has 0 unspecified atom stereocenters. The molecule has 2 rings (SSSR count). The van der Waals surface area contributed by atoms with Crippen LogP contribution in [0, 0.1) is 11.8 Å². The summed E-state index contributed by atoms with van der Waals surface area (Å²) >= 11 is 0. The van der Waals surface area contributed by atoms with Crippen molar-refractivity contribution in [2.24, 2.45) is 11.8 Å². The second-order valence-corrected chi connectivity index (χ2v) is 7.86. The van der Waals surface area contributed by atoms with E-state index < -0.39 is 17.6 Å². The molecular weight excluding hydrogens is 371 g/mol. The minimum Gasteiger partial charge on any atom is -0.335 e. The molecule has 1 aromatic carbocycles. The molecule has 1 aliphatic rings. The average Bonchev–Trinajstić information content (AvgIpc) is 2.59. The molecule has 28 heavy (non-hydrogen) atoms. The van der Waals surface area contributed by atoms with Gasteiger partial charge >= 0.3 is 6.18 Å². The number of nitrogens with one attached hydrogen (secondary N) is 1. The highest BCUT2D eigenvalue weighted by Crippen LogP contribution is 2.34. The topological polar surface area (TPSA) is 52.7 Å². The fraction of sp³-hybridized carbons (Fsp3) is 0.600. The number of carbonyl (C=O) groups is 2. The van der Waals surface area contributed by atoms with Gasteiger partial charge in [-0.05, 0) is 37.3 Å². The van der Waals surface area contributed by atoms with Crippen molar-refractivity contribution in [3.63, 3.8) is 0 Å². The van der Waals surface area contributed by atoms with Crippen molar-refractivity contribution >= 4 is 17.5 Å². The van der Waals surface area contributed by atoms with Crippen molar-refractivity contribution < 1.29 is 22.8 Å². The third-order valence-electron chi connectivity index (χ3n) is 5.07. The number of likely N-dealkylation sites (tertiary alicyclic amines) is 1. The van der Waals surface area contributed by atoms with Gasteiger partial charge in [0.2, 0.25) is 11.8 Å². The number of nitrogens with zero attached hydrogens (tertiary/aromatic N) is 2. The summed E-state index contributed by atoms with van der Waals surface area (Å²) in [4.78, 5) is 28.3. The first-order valence-electron chi connectivity index (χ1n) is 9.44. The summed E-state index contributed by atoms with van der Waals surface area (Å²) in [5, 5.41) is 2.27. The van der Waals surface area contributed by atoms with E-state index in [0.29, 0.717) is 11.8 Å². The molecule has 1 N–H and O–H groups in total. The number of para-hydroxylation sites is 1. The van der Waals surface area contributed by atoms with Crippen LogP contribution in [0.25, 0.3) is 0 Å². The number of amides is 2. The lowest BCUT2D eigenvalue weighted by Gasteiger charge is -2.39. The second kappa shape index (κ2) is 8.94. The minimum absolute atomic E-state index is 0.222. The van der Waals surface area contributed by atoms with Gasteiger partial charge in [0.1, 0.15) is 0 Å². The van der Waals surface area contributed by atoms with Crippen molar-refractivity contribution in [2.45, 2.75) is 39.4 Å². The Morgan fingerprint density at radius 2 is 1.79 bits per heavy atom. The van der Waals surface area contributed by atoms with Crippen LogP contribution in [0.5, 0.6) is 0 Å². The van der Waals surface area contributed by atoms with Crippen LogP contribution >= 0.6 is 0 Å². The predicted octanol–water partition coefficient (Wildman–Crippen LogP) is 3.47. The Kier molecular flexibility index (Phi) is 7.09. The third-order valence-corrected chi connectivity index (χ3v) is 5.07. The number of alkyl halides is 3. The van der Waals surface area contributed by atoms with Crippen LogP contribution in [-0.4, -0.2) is 54.3 Å². The highest BCUT2D eigenvalue weighted by molar-refractivity contribution is 5.95. The number of benzene rings is 1. The van der Waals surface area contributed by atoms with E-state index in [0.717, 1.165) is 25.6 Å². The summed E-state index contributed by atoms with van der Waals surface area (Å²) in [5.74, 6) is 0.0960. The number of hydrogen-bond acceptors (Lipinski definition) is 3. The maximum atomic E-state index is 13.0. The molecule has 0 bridgehead atoms. The second-order valence-electron chi connectivity index (χ2n) is 7.86. The normalized spacial score (nSPS) is 21.8. The SMILES string of the molecule is C[C@@H]1C[C@@H](C)CN([C@H](C)C(=O)N(C)CC(=O)Nc2ccccc2C(F)(F)F)C1. The van der Waals surface area contributed by atoms with E-state index >= 15 is 0 Å². The molecule has 1 aromatic rings. The molecular formula is C20H28F3N3O2. The van der Waals surface area contributed by atoms with Crippen LogP contribution in [0.4, 0.5) is 18.9 Å². The Morgan fingerprint density at radius 1 is 1.21 bits per heavy atom. The molecule has 0 radical (unpaired) electrons. The van der Waals surface area contributed by atoms with Crippen molar-refractivity contribution in [1.29, 1.82) is 0 Å². The van der Waals surface area contributed by atoms with Crippen molar-refractivity contribution in [1.82, 2.24) is 9.80 Å². The highest BCUT2D eigenvalue weighted by atomic mass is 19.4. The molecule has 1 fully saturated rings. The summed E-state index contributed by atoms with van der Waals surface area (Å²) in [6.07, 6.45) is -3.45. The van der Waals surface area contributed by atoms with Gasteiger partial charge in [0.05, 0.1) is 23.8 Å². The Labute approximate surface area is 163 Å². The molecule has 0 aromatic heterocycles. The molecule has 2 amide bonds. The van der Waals surface area contributed by atoms with Crippen LogP contribution in [-0.2, 0) is 15.8 Å². The largest absolute Gasteiger partial charge is 0.418 e. The molecule has 0 aliphatic carbocycles. The molecule has 0 saturated carbocycles. The lowest BCUT2D eigenvalue weighted by Crippen LogP contribution is -2.51. The van der Waals surface area contributed by atoms with Crippen molar-refractivity contribution in [3.8, 4) is 0 Å². The summed E-state index contributed by atoms with van der Waals surface area (Å²) in [6, 6.07) is 4.40. The molecule has 8 heteroatoms. The first-order chi connectivity index (χ1) is 13.0. The van der Waals surface area contributed by atoms with Crippen LogP contribution < -0.4 is 5.32 Å². The van der Waals surface area contributed by atoms with Gasteiger partial charge in [-0.15, -0.1) is 0 Å². The highest BCUT2D eigenvalue weighted by Gasteiger charge is 2.34. The molecule has 1 aliphatic heterocycles. The first-order valence-corrected chi connectivity index (χ1v) is 9.44. The monoisotopic (exact) mass is 399 g/mol. The minimum atomic E-state index is -4.57. The molecule has 3 atom stereocenters. The zero-order valence-corrected chi connectivity index (χ0v) is 16.7. The number of halogens is 3. The predicted molar refractivity (Wildman–Crippen MR) is 102 cm³/mol. The Morgan fingerprint density at radius 3 is 2.36 bits per heavy atom. The van der Waals surface area contributed by atoms with Gasteiger partial charge in [0, 0.05) is 20.1 Å². The van der Waals surface area contributed by atoms with Crippen LogP contribution in [0.3, 0.4) is 0 Å². The number of hydrogen-bond donors (Lipinski definition) is 1. The van der Waals surface area contributed by atoms with Gasteiger partial charge in [-0.3, -0.25) is 14.5 Å². The number of piperidine rings is 1. The fourth-order valence-corrected chi connectivity index (χ4v) is 3.82. The number of anilines is 1. The molecule has 156 valence electrons. The van der Waals surface area contributed by atoms with Crippen LogP contribution in [0.2, 0.25) is 0 Å². The first kappa shape index (κ1) is 22.2. The van der Waals surface area contributed by atoms with Gasteiger partial charge in [0.25, 0.3) is 0 Å². The summed E-state index contributed by atoms with van der Waals surface area (Å²) in [6.45, 7) is 7.42. The average molecular weight is 399 g/mol. The Bertz CT molecular complexity index is 698. The van der Waals surface area contributed by atoms with Crippen LogP contribution in [0.15, 0.2) is 24.3 Å². The van der Waals surface area contributed by atoms with E-state index in [2.05, 4.69) is 24.1 Å². The number of rotatable bonds is 5. The lowest BCUT2D eigenvalue weighted by atomic mass is 9.91. The van der Waals surface area contributed by atoms with Crippen molar-refractivity contribution in [2.75, 3.05) is 32.0 Å². The van der Waals surface area contributed by atoms with Gasteiger partial charge in [0.15, 0.2) is 0 Å². The van der Waals surface area contributed by atoms with E-state index in [9.17, 15) is 22.8 Å². The third kappa shape index (κ3) is 5.70. The van der Waals surface area contributed by atoms with Crippen molar-refractivity contribution in [3.05, 3.63) is 29.8 Å². The van der Waals surface area contributed by atoms with Gasteiger partial charge in [-0.2, -0.15) is 13.2 Å². The lowest BCUT2D eigenvalue weighted by molar-refractivity contribution is -0.139. The van der Waals surface area contributed by atoms with Gasteiger partial charge in [-0.25, -0.2) is 0 Å². The van der Waals surface area contributed by atoms with E-state index in [4.69, 9.17) is 0 Å². The zero-order chi connectivity index (χ0) is 21.1.